The Morgan fingerprint density at radius 3 is 2.34 bits per heavy atom. The maximum absolute atomic E-state index is 13.2. The molecular weight excluding hydrogens is 376 g/mol. The van der Waals surface area contributed by atoms with Gasteiger partial charge in [-0.05, 0) is 33.3 Å². The van der Waals surface area contributed by atoms with Gasteiger partial charge in [-0.15, -0.1) is 6.58 Å². The molecule has 0 aliphatic carbocycles. The van der Waals surface area contributed by atoms with E-state index in [9.17, 15) is 19.2 Å². The number of hydrogen-bond donors (Lipinski definition) is 0. The molecule has 0 bridgehead atoms. The fourth-order valence-corrected chi connectivity index (χ4v) is 3.28. The summed E-state index contributed by atoms with van der Waals surface area (Å²) in [5.41, 5.74) is 1.79. The molecule has 1 aromatic rings. The quantitative estimate of drug-likeness (QED) is 0.336. The molecule has 0 aliphatic rings. The van der Waals surface area contributed by atoms with Gasteiger partial charge in [0.1, 0.15) is 5.69 Å². The number of esters is 2. The maximum Gasteiger partial charge on any atom is 0.354 e. The van der Waals surface area contributed by atoms with Gasteiger partial charge in [0.2, 0.25) is 5.91 Å². The molecular formula is C21H30N2O6. The standard InChI is InChI=1S/C21H30N2O6/c1-8-12-23(16(24)10-11-17(25)29-9-2)15(5)20(26)18-13(3)19(21(27)28-7)22(6)14(18)4/h8,15H,1,9-12H2,2-7H3. The predicted octanol–water partition coefficient (Wildman–Crippen LogP) is 2.36. The van der Waals surface area contributed by atoms with Crippen molar-refractivity contribution in [1.82, 2.24) is 9.47 Å². The van der Waals surface area contributed by atoms with Crippen molar-refractivity contribution in [2.75, 3.05) is 20.3 Å². The van der Waals surface area contributed by atoms with E-state index in [0.29, 0.717) is 22.5 Å². The molecule has 0 N–H and O–H groups in total. The molecule has 0 saturated heterocycles. The third-order valence-corrected chi connectivity index (χ3v) is 4.90. The second-order valence-corrected chi connectivity index (χ2v) is 6.66. The first-order valence-corrected chi connectivity index (χ1v) is 9.46. The highest BCUT2D eigenvalue weighted by Crippen LogP contribution is 2.24. The summed E-state index contributed by atoms with van der Waals surface area (Å²) >= 11 is 0. The van der Waals surface area contributed by atoms with E-state index in [0.717, 1.165) is 0 Å². The first kappa shape index (κ1) is 24.1. The Kier molecular flexibility index (Phi) is 8.82. The highest BCUT2D eigenvalue weighted by molar-refractivity contribution is 6.06. The van der Waals surface area contributed by atoms with E-state index >= 15 is 0 Å². The van der Waals surface area contributed by atoms with Crippen molar-refractivity contribution in [1.29, 1.82) is 0 Å². The SMILES string of the molecule is C=CCN(C(=O)CCC(=O)OCC)C(C)C(=O)c1c(C)c(C(=O)OC)n(C)c1C. The number of ketones is 1. The Bertz CT molecular complexity index is 809. The zero-order valence-corrected chi connectivity index (χ0v) is 18.0. The molecule has 0 aromatic carbocycles. The molecule has 1 amide bonds. The Hall–Kier alpha value is -2.90. The number of amides is 1. The van der Waals surface area contributed by atoms with Crippen LogP contribution in [0.1, 0.15) is 58.8 Å². The van der Waals surface area contributed by atoms with Crippen molar-refractivity contribution in [2.24, 2.45) is 7.05 Å². The Morgan fingerprint density at radius 2 is 1.83 bits per heavy atom. The van der Waals surface area contributed by atoms with E-state index in [1.165, 1.54) is 18.1 Å². The summed E-state index contributed by atoms with van der Waals surface area (Å²) in [5.74, 6) is -1.64. The Morgan fingerprint density at radius 1 is 1.21 bits per heavy atom. The molecule has 1 atom stereocenters. The summed E-state index contributed by atoms with van der Waals surface area (Å²) in [6.07, 6.45) is 1.40. The van der Waals surface area contributed by atoms with Crippen LogP contribution in [0.15, 0.2) is 12.7 Å². The number of hydrogen-bond acceptors (Lipinski definition) is 6. The molecule has 1 rings (SSSR count). The second kappa shape index (κ2) is 10.6. The van der Waals surface area contributed by atoms with E-state index in [-0.39, 0.29) is 37.7 Å². The van der Waals surface area contributed by atoms with Gasteiger partial charge in [-0.3, -0.25) is 14.4 Å². The average Bonchev–Trinajstić information content (AvgIpc) is 2.91. The molecule has 1 heterocycles. The van der Waals surface area contributed by atoms with Crippen LogP contribution in [-0.4, -0.2) is 59.4 Å². The lowest BCUT2D eigenvalue weighted by atomic mass is 9.99. The molecule has 8 heteroatoms. The first-order chi connectivity index (χ1) is 13.6. The number of aromatic nitrogens is 1. The van der Waals surface area contributed by atoms with Crippen LogP contribution < -0.4 is 0 Å². The highest BCUT2D eigenvalue weighted by atomic mass is 16.5. The normalized spacial score (nSPS) is 11.5. The van der Waals surface area contributed by atoms with Crippen molar-refractivity contribution in [3.63, 3.8) is 0 Å². The largest absolute Gasteiger partial charge is 0.466 e. The summed E-state index contributed by atoms with van der Waals surface area (Å²) in [6, 6.07) is -0.798. The molecule has 0 radical (unpaired) electrons. The minimum Gasteiger partial charge on any atom is -0.466 e. The van der Waals surface area contributed by atoms with Gasteiger partial charge in [0.25, 0.3) is 0 Å². The number of methoxy groups -OCH3 is 1. The van der Waals surface area contributed by atoms with E-state index < -0.39 is 18.0 Å². The predicted molar refractivity (Wildman–Crippen MR) is 108 cm³/mol. The van der Waals surface area contributed by atoms with Crippen molar-refractivity contribution in [3.05, 3.63) is 35.2 Å². The van der Waals surface area contributed by atoms with Gasteiger partial charge in [0.15, 0.2) is 5.78 Å². The van der Waals surface area contributed by atoms with Crippen LogP contribution >= 0.6 is 0 Å². The summed E-state index contributed by atoms with van der Waals surface area (Å²) in [7, 11) is 2.96. The molecule has 1 unspecified atom stereocenters. The molecule has 0 fully saturated rings. The van der Waals surface area contributed by atoms with Crippen LogP contribution in [0.4, 0.5) is 0 Å². The Balaban J connectivity index is 3.16. The summed E-state index contributed by atoms with van der Waals surface area (Å²) < 4.78 is 11.3. The highest BCUT2D eigenvalue weighted by Gasteiger charge is 2.32. The molecule has 160 valence electrons. The topological polar surface area (TPSA) is 94.9 Å². The van der Waals surface area contributed by atoms with Gasteiger partial charge in [-0.2, -0.15) is 0 Å². The van der Waals surface area contributed by atoms with E-state index in [1.807, 2.05) is 0 Å². The fraction of sp³-hybridized carbons (Fsp3) is 0.524. The lowest BCUT2D eigenvalue weighted by molar-refractivity contribution is -0.145. The fourth-order valence-electron chi connectivity index (χ4n) is 3.28. The number of Topliss-reactive ketones (excluding diaryl/α,β-unsaturated/α-hetero) is 1. The zero-order chi connectivity index (χ0) is 22.3. The van der Waals surface area contributed by atoms with Gasteiger partial charge < -0.3 is 18.9 Å². The van der Waals surface area contributed by atoms with Gasteiger partial charge >= 0.3 is 11.9 Å². The number of carbonyl (C=O) groups is 4. The summed E-state index contributed by atoms with van der Waals surface area (Å²) in [4.78, 5) is 50.9. The Labute approximate surface area is 171 Å². The third kappa shape index (κ3) is 5.34. The van der Waals surface area contributed by atoms with Crippen molar-refractivity contribution in [2.45, 2.75) is 46.6 Å². The number of ether oxygens (including phenoxy) is 2. The smallest absolute Gasteiger partial charge is 0.354 e. The molecule has 29 heavy (non-hydrogen) atoms. The second-order valence-electron chi connectivity index (χ2n) is 6.66. The average molecular weight is 406 g/mol. The number of carbonyl (C=O) groups excluding carboxylic acids is 4. The minimum absolute atomic E-state index is 0.0584. The van der Waals surface area contributed by atoms with E-state index in [1.54, 1.807) is 39.3 Å². The van der Waals surface area contributed by atoms with Crippen molar-refractivity contribution >= 4 is 23.6 Å². The van der Waals surface area contributed by atoms with Crippen LogP contribution in [-0.2, 0) is 26.1 Å². The molecule has 0 spiro atoms. The van der Waals surface area contributed by atoms with Crippen LogP contribution in [0.5, 0.6) is 0 Å². The molecule has 0 saturated carbocycles. The lowest BCUT2D eigenvalue weighted by Gasteiger charge is -2.27. The van der Waals surface area contributed by atoms with Gasteiger partial charge in [-0.1, -0.05) is 6.08 Å². The summed E-state index contributed by atoms with van der Waals surface area (Å²) in [5, 5.41) is 0. The van der Waals surface area contributed by atoms with E-state index in [2.05, 4.69) is 6.58 Å². The number of nitrogens with zero attached hydrogens (tertiary/aromatic N) is 2. The van der Waals surface area contributed by atoms with Gasteiger partial charge in [0, 0.05) is 31.3 Å². The molecule has 8 nitrogen and oxygen atoms in total. The molecule has 0 aliphatic heterocycles. The first-order valence-electron chi connectivity index (χ1n) is 9.46. The van der Waals surface area contributed by atoms with Gasteiger partial charge in [0.05, 0.1) is 26.2 Å². The summed E-state index contributed by atoms with van der Waals surface area (Å²) in [6.45, 7) is 10.8. The monoisotopic (exact) mass is 406 g/mol. The van der Waals surface area contributed by atoms with Crippen LogP contribution in [0, 0.1) is 13.8 Å². The van der Waals surface area contributed by atoms with Crippen molar-refractivity contribution < 1.29 is 28.7 Å². The maximum atomic E-state index is 13.2. The van der Waals surface area contributed by atoms with Crippen LogP contribution in [0.2, 0.25) is 0 Å². The molecule has 1 aromatic heterocycles. The lowest BCUT2D eigenvalue weighted by Crippen LogP contribution is -2.43. The third-order valence-electron chi connectivity index (χ3n) is 4.90. The van der Waals surface area contributed by atoms with E-state index in [4.69, 9.17) is 9.47 Å². The number of rotatable bonds is 10. The van der Waals surface area contributed by atoms with Crippen LogP contribution in [0.25, 0.3) is 0 Å². The zero-order valence-electron chi connectivity index (χ0n) is 18.0. The van der Waals surface area contributed by atoms with Crippen molar-refractivity contribution in [3.8, 4) is 0 Å². The minimum atomic E-state index is -0.798. The van der Waals surface area contributed by atoms with Crippen LogP contribution in [0.3, 0.4) is 0 Å². The van der Waals surface area contributed by atoms with Gasteiger partial charge in [-0.25, -0.2) is 4.79 Å².